The summed E-state index contributed by atoms with van der Waals surface area (Å²) in [6, 6.07) is 0. The van der Waals surface area contributed by atoms with Crippen LogP contribution in [0.1, 0.15) is 69.2 Å². The molecule has 5 heteroatoms. The maximum absolute atomic E-state index is 12.4. The molecule has 0 rings (SSSR count). The van der Waals surface area contributed by atoms with Gasteiger partial charge in [0.25, 0.3) is 0 Å². The van der Waals surface area contributed by atoms with Crippen LogP contribution in [0.3, 0.4) is 0 Å². The van der Waals surface area contributed by atoms with Gasteiger partial charge in [-0.2, -0.15) is 0 Å². The molecule has 0 radical (unpaired) electrons. The van der Waals surface area contributed by atoms with Gasteiger partial charge >= 0.3 is 6.09 Å². The average molecular weight is 316 g/mol. The first-order valence-corrected chi connectivity index (χ1v) is 7.95. The van der Waals surface area contributed by atoms with Crippen molar-refractivity contribution in [3.8, 4) is 0 Å². The molecule has 0 aliphatic carbocycles. The smallest absolute Gasteiger partial charge is 0.410 e. The van der Waals surface area contributed by atoms with Crippen molar-refractivity contribution in [3.63, 3.8) is 0 Å². The Morgan fingerprint density at radius 1 is 1.00 bits per heavy atom. The Bertz CT molecular complexity index is 371. The van der Waals surface area contributed by atoms with E-state index in [1.54, 1.807) is 18.7 Å². The summed E-state index contributed by atoms with van der Waals surface area (Å²) in [5.41, 5.74) is -2.15. The molecule has 0 saturated carbocycles. The fourth-order valence-corrected chi connectivity index (χ4v) is 1.71. The van der Waals surface area contributed by atoms with E-state index in [9.17, 15) is 9.90 Å². The molecule has 22 heavy (non-hydrogen) atoms. The summed E-state index contributed by atoms with van der Waals surface area (Å²) < 4.78 is 5.49. The van der Waals surface area contributed by atoms with Crippen LogP contribution in [0.2, 0.25) is 0 Å². The minimum Gasteiger partial charge on any atom is -0.444 e. The number of hydrogen-bond acceptors (Lipinski definition) is 4. The maximum atomic E-state index is 12.4. The lowest BCUT2D eigenvalue weighted by Gasteiger charge is -2.41. The number of ether oxygens (including phenoxy) is 1. The molecule has 0 fully saturated rings. The minimum absolute atomic E-state index is 0.317. The van der Waals surface area contributed by atoms with E-state index < -0.39 is 16.7 Å². The molecule has 0 aromatic heterocycles. The highest BCUT2D eigenvalue weighted by molar-refractivity contribution is 5.69. The number of nitrogens with one attached hydrogen (secondary N) is 1. The number of nitrogens with zero attached hydrogens (tertiary/aromatic N) is 1. The number of carbonyl (C=O) groups is 1. The summed E-state index contributed by atoms with van der Waals surface area (Å²) in [6.45, 7) is 20.1. The largest absolute Gasteiger partial charge is 0.444 e. The van der Waals surface area contributed by atoms with E-state index in [4.69, 9.17) is 4.74 Å². The standard InChI is InChI=1S/C17H36N2O3/c1-14(2,3)19(13(20)22-15(4,5)6)12-11-18-16(7,8)17(9,10)21/h18,21H,11-12H2,1-10H3. The predicted molar refractivity (Wildman–Crippen MR) is 91.1 cm³/mol. The molecule has 1 amide bonds. The van der Waals surface area contributed by atoms with Gasteiger partial charge in [0.15, 0.2) is 0 Å². The second-order valence-corrected chi connectivity index (χ2v) is 8.91. The zero-order valence-electron chi connectivity index (χ0n) is 16.1. The first-order valence-electron chi connectivity index (χ1n) is 7.95. The second kappa shape index (κ2) is 6.75. The van der Waals surface area contributed by atoms with E-state index in [2.05, 4.69) is 5.32 Å². The molecule has 5 nitrogen and oxygen atoms in total. The third-order valence-electron chi connectivity index (χ3n) is 3.86. The Morgan fingerprint density at radius 3 is 1.77 bits per heavy atom. The summed E-state index contributed by atoms with van der Waals surface area (Å²) in [6.07, 6.45) is -0.317. The number of aliphatic hydroxyl groups is 1. The lowest BCUT2D eigenvalue weighted by molar-refractivity contribution is -0.0104. The van der Waals surface area contributed by atoms with E-state index in [1.165, 1.54) is 0 Å². The quantitative estimate of drug-likeness (QED) is 0.818. The van der Waals surface area contributed by atoms with E-state index in [1.807, 2.05) is 55.4 Å². The lowest BCUT2D eigenvalue weighted by Crippen LogP contribution is -2.58. The fraction of sp³-hybridized carbons (Fsp3) is 0.941. The van der Waals surface area contributed by atoms with Crippen LogP contribution in [0.4, 0.5) is 4.79 Å². The molecular weight excluding hydrogens is 280 g/mol. The average Bonchev–Trinajstić information content (AvgIpc) is 2.17. The number of rotatable bonds is 5. The van der Waals surface area contributed by atoms with Crippen molar-refractivity contribution in [3.05, 3.63) is 0 Å². The van der Waals surface area contributed by atoms with Crippen molar-refractivity contribution in [2.75, 3.05) is 13.1 Å². The van der Waals surface area contributed by atoms with Gasteiger partial charge in [-0.15, -0.1) is 0 Å². The van der Waals surface area contributed by atoms with Gasteiger partial charge < -0.3 is 20.1 Å². The molecule has 2 N–H and O–H groups in total. The lowest BCUT2D eigenvalue weighted by atomic mass is 9.86. The van der Waals surface area contributed by atoms with E-state index >= 15 is 0 Å². The van der Waals surface area contributed by atoms with Crippen LogP contribution in [-0.2, 0) is 4.74 Å². The van der Waals surface area contributed by atoms with Crippen molar-refractivity contribution in [2.45, 2.75) is 91.5 Å². The molecule has 0 bridgehead atoms. The molecule has 0 saturated heterocycles. The summed E-state index contributed by atoms with van der Waals surface area (Å²) >= 11 is 0. The molecule has 0 unspecified atom stereocenters. The summed E-state index contributed by atoms with van der Waals surface area (Å²) in [5, 5.41) is 13.5. The number of carbonyl (C=O) groups excluding carboxylic acids is 1. The van der Waals surface area contributed by atoms with Crippen molar-refractivity contribution in [2.24, 2.45) is 0 Å². The van der Waals surface area contributed by atoms with Gasteiger partial charge in [-0.3, -0.25) is 0 Å². The van der Waals surface area contributed by atoms with Crippen molar-refractivity contribution >= 4 is 6.09 Å². The van der Waals surface area contributed by atoms with Crippen molar-refractivity contribution in [1.82, 2.24) is 10.2 Å². The first-order chi connectivity index (χ1) is 9.47. The van der Waals surface area contributed by atoms with Gasteiger partial charge in [-0.05, 0) is 69.2 Å². The predicted octanol–water partition coefficient (Wildman–Crippen LogP) is 3.16. The Balaban J connectivity index is 4.82. The van der Waals surface area contributed by atoms with Gasteiger partial charge in [0.1, 0.15) is 5.60 Å². The Kier molecular flexibility index (Phi) is 6.50. The molecule has 0 aliphatic rings. The van der Waals surface area contributed by atoms with Gasteiger partial charge in [0, 0.05) is 24.2 Å². The fourth-order valence-electron chi connectivity index (χ4n) is 1.71. The van der Waals surface area contributed by atoms with Gasteiger partial charge in [0.05, 0.1) is 5.60 Å². The molecule has 0 spiro atoms. The second-order valence-electron chi connectivity index (χ2n) is 8.91. The highest BCUT2D eigenvalue weighted by Gasteiger charge is 2.35. The first kappa shape index (κ1) is 21.2. The Morgan fingerprint density at radius 2 is 1.45 bits per heavy atom. The SMILES string of the molecule is CC(C)(C)OC(=O)N(CCNC(C)(C)C(C)(C)O)C(C)(C)C. The third-order valence-corrected chi connectivity index (χ3v) is 3.86. The zero-order chi connectivity index (χ0) is 18.0. The Hall–Kier alpha value is -0.810. The molecule has 0 atom stereocenters. The minimum atomic E-state index is -0.856. The molecular formula is C17H36N2O3. The van der Waals surface area contributed by atoms with E-state index in [-0.39, 0.29) is 11.6 Å². The van der Waals surface area contributed by atoms with Gasteiger partial charge in [0.2, 0.25) is 0 Å². The monoisotopic (exact) mass is 316 g/mol. The maximum Gasteiger partial charge on any atom is 0.410 e. The van der Waals surface area contributed by atoms with E-state index in [0.29, 0.717) is 13.1 Å². The Labute approximate surface area is 136 Å². The van der Waals surface area contributed by atoms with Gasteiger partial charge in [-0.25, -0.2) is 4.79 Å². The molecule has 0 aromatic carbocycles. The summed E-state index contributed by atoms with van der Waals surface area (Å²) in [5.74, 6) is 0. The normalized spacial score (nSPS) is 14.0. The highest BCUT2D eigenvalue weighted by Crippen LogP contribution is 2.21. The van der Waals surface area contributed by atoms with Crippen LogP contribution < -0.4 is 5.32 Å². The molecule has 0 heterocycles. The van der Waals surface area contributed by atoms with Crippen molar-refractivity contribution in [1.29, 1.82) is 0 Å². The van der Waals surface area contributed by atoms with Crippen LogP contribution in [0.5, 0.6) is 0 Å². The summed E-state index contributed by atoms with van der Waals surface area (Å²) in [4.78, 5) is 14.1. The molecule has 132 valence electrons. The topological polar surface area (TPSA) is 61.8 Å². The number of amides is 1. The van der Waals surface area contributed by atoms with Gasteiger partial charge in [-0.1, -0.05) is 0 Å². The van der Waals surface area contributed by atoms with Crippen LogP contribution in [-0.4, -0.2) is 51.5 Å². The van der Waals surface area contributed by atoms with Crippen LogP contribution in [0, 0.1) is 0 Å². The van der Waals surface area contributed by atoms with Crippen LogP contribution >= 0.6 is 0 Å². The summed E-state index contributed by atoms with van der Waals surface area (Å²) in [7, 11) is 0. The van der Waals surface area contributed by atoms with Crippen LogP contribution in [0.25, 0.3) is 0 Å². The molecule has 0 aromatic rings. The zero-order valence-corrected chi connectivity index (χ0v) is 16.1. The van der Waals surface area contributed by atoms with Crippen molar-refractivity contribution < 1.29 is 14.6 Å². The third kappa shape index (κ3) is 6.97. The molecule has 0 aliphatic heterocycles. The van der Waals surface area contributed by atoms with E-state index in [0.717, 1.165) is 0 Å². The highest BCUT2D eigenvalue weighted by atomic mass is 16.6. The van der Waals surface area contributed by atoms with Crippen LogP contribution in [0.15, 0.2) is 0 Å². The number of hydrogen-bond donors (Lipinski definition) is 2.